The van der Waals surface area contributed by atoms with Crippen LogP contribution in [0, 0.1) is 5.82 Å². The lowest BCUT2D eigenvalue weighted by molar-refractivity contribution is 0.410. The Morgan fingerprint density at radius 1 is 1.00 bits per heavy atom. The minimum Gasteiger partial charge on any atom is -0.497 e. The molecule has 0 fully saturated rings. The topological polar surface area (TPSA) is 21.3 Å². The smallest absolute Gasteiger partial charge is 0.131 e. The summed E-state index contributed by atoms with van der Waals surface area (Å²) in [5.74, 6) is 0.372. The van der Waals surface area contributed by atoms with Crippen LogP contribution in [0.1, 0.15) is 63.9 Å². The molecule has 0 bridgehead atoms. The zero-order valence-corrected chi connectivity index (χ0v) is 13.6. The maximum absolute atomic E-state index is 13.7. The largest absolute Gasteiger partial charge is 0.497 e. The summed E-state index contributed by atoms with van der Waals surface area (Å²) in [4.78, 5) is 0. The van der Waals surface area contributed by atoms with E-state index in [1.54, 1.807) is 19.2 Å². The van der Waals surface area contributed by atoms with Gasteiger partial charge in [0.05, 0.1) is 7.11 Å². The molecule has 0 unspecified atom stereocenters. The van der Waals surface area contributed by atoms with Crippen molar-refractivity contribution in [1.29, 1.82) is 0 Å². The predicted octanol–water partition coefficient (Wildman–Crippen LogP) is 5.06. The molecule has 3 heteroatoms. The SMILES string of the molecule is CCCCCCCCCCNCc1ccc(OC)cc1F. The lowest BCUT2D eigenvalue weighted by Gasteiger charge is -2.07. The second-order valence-corrected chi connectivity index (χ2v) is 5.61. The van der Waals surface area contributed by atoms with Crippen molar-refractivity contribution in [3.63, 3.8) is 0 Å². The molecule has 0 heterocycles. The quantitative estimate of drug-likeness (QED) is 0.544. The molecule has 0 aliphatic carbocycles. The van der Waals surface area contributed by atoms with E-state index in [9.17, 15) is 4.39 Å². The number of rotatable bonds is 12. The highest BCUT2D eigenvalue weighted by Gasteiger charge is 2.03. The monoisotopic (exact) mass is 295 g/mol. The molecule has 1 rings (SSSR count). The minimum atomic E-state index is -0.197. The van der Waals surface area contributed by atoms with Crippen molar-refractivity contribution in [1.82, 2.24) is 5.32 Å². The third-order valence-corrected chi connectivity index (χ3v) is 3.78. The minimum absolute atomic E-state index is 0.197. The van der Waals surface area contributed by atoms with Crippen molar-refractivity contribution in [2.45, 2.75) is 64.8 Å². The van der Waals surface area contributed by atoms with E-state index in [2.05, 4.69) is 12.2 Å². The molecular weight excluding hydrogens is 265 g/mol. The summed E-state index contributed by atoms with van der Waals surface area (Å²) in [5.41, 5.74) is 0.704. The second kappa shape index (κ2) is 11.6. The Morgan fingerprint density at radius 3 is 2.29 bits per heavy atom. The predicted molar refractivity (Wildman–Crippen MR) is 87.3 cm³/mol. The summed E-state index contributed by atoms with van der Waals surface area (Å²) in [6, 6.07) is 5.03. The molecule has 2 nitrogen and oxygen atoms in total. The summed E-state index contributed by atoms with van der Waals surface area (Å²) in [5, 5.41) is 3.31. The molecule has 0 radical (unpaired) electrons. The number of hydrogen-bond donors (Lipinski definition) is 1. The Balaban J connectivity index is 2.01. The van der Waals surface area contributed by atoms with Crippen LogP contribution in [-0.4, -0.2) is 13.7 Å². The first-order chi connectivity index (χ1) is 10.3. The highest BCUT2D eigenvalue weighted by molar-refractivity contribution is 5.28. The fraction of sp³-hybridized carbons (Fsp3) is 0.667. The van der Waals surface area contributed by atoms with Crippen molar-refractivity contribution in [3.8, 4) is 5.75 Å². The number of ether oxygens (including phenoxy) is 1. The molecule has 0 aromatic heterocycles. The standard InChI is InChI=1S/C18H30FNO/c1-3-4-5-6-7-8-9-10-13-20-15-16-11-12-17(21-2)14-18(16)19/h11-12,14,20H,3-10,13,15H2,1-2H3. The zero-order chi connectivity index (χ0) is 15.3. The molecule has 0 aliphatic rings. The van der Waals surface area contributed by atoms with Gasteiger partial charge >= 0.3 is 0 Å². The molecule has 120 valence electrons. The van der Waals surface area contributed by atoms with E-state index in [1.165, 1.54) is 57.4 Å². The van der Waals surface area contributed by atoms with Gasteiger partial charge in [-0.25, -0.2) is 4.39 Å². The Bertz CT molecular complexity index is 381. The number of halogens is 1. The molecule has 0 saturated heterocycles. The van der Waals surface area contributed by atoms with Crippen LogP contribution in [0.3, 0.4) is 0 Å². The number of benzene rings is 1. The van der Waals surface area contributed by atoms with Crippen LogP contribution in [0.4, 0.5) is 4.39 Å². The van der Waals surface area contributed by atoms with Crippen molar-refractivity contribution in [2.75, 3.05) is 13.7 Å². The van der Waals surface area contributed by atoms with Gasteiger partial charge in [-0.2, -0.15) is 0 Å². The van der Waals surface area contributed by atoms with Crippen LogP contribution in [-0.2, 0) is 6.54 Å². The molecule has 0 amide bonds. The van der Waals surface area contributed by atoms with E-state index >= 15 is 0 Å². The van der Waals surface area contributed by atoms with Crippen molar-refractivity contribution in [2.24, 2.45) is 0 Å². The maximum atomic E-state index is 13.7. The van der Waals surface area contributed by atoms with E-state index in [-0.39, 0.29) is 5.82 Å². The van der Waals surface area contributed by atoms with Crippen LogP contribution < -0.4 is 10.1 Å². The van der Waals surface area contributed by atoms with Crippen LogP contribution in [0.25, 0.3) is 0 Å². The van der Waals surface area contributed by atoms with Gasteiger partial charge in [0.25, 0.3) is 0 Å². The molecule has 1 aromatic carbocycles. The van der Waals surface area contributed by atoms with E-state index in [4.69, 9.17) is 4.74 Å². The Hall–Kier alpha value is -1.09. The average molecular weight is 295 g/mol. The summed E-state index contributed by atoms with van der Waals surface area (Å²) >= 11 is 0. The van der Waals surface area contributed by atoms with Crippen molar-refractivity contribution in [3.05, 3.63) is 29.6 Å². The van der Waals surface area contributed by atoms with Gasteiger partial charge in [-0.1, -0.05) is 57.9 Å². The van der Waals surface area contributed by atoms with Gasteiger partial charge in [0.2, 0.25) is 0 Å². The lowest BCUT2D eigenvalue weighted by atomic mass is 10.1. The van der Waals surface area contributed by atoms with E-state index < -0.39 is 0 Å². The number of unbranched alkanes of at least 4 members (excludes halogenated alkanes) is 7. The normalized spacial score (nSPS) is 10.8. The highest BCUT2D eigenvalue weighted by atomic mass is 19.1. The van der Waals surface area contributed by atoms with Gasteiger partial charge in [-0.15, -0.1) is 0 Å². The third kappa shape index (κ3) is 8.05. The zero-order valence-electron chi connectivity index (χ0n) is 13.6. The van der Waals surface area contributed by atoms with Gasteiger partial charge in [0.15, 0.2) is 0 Å². The fourth-order valence-corrected chi connectivity index (χ4v) is 2.41. The Labute approximate surface area is 129 Å². The lowest BCUT2D eigenvalue weighted by Crippen LogP contribution is -2.15. The molecule has 0 atom stereocenters. The first kappa shape index (κ1) is 18.0. The van der Waals surface area contributed by atoms with Crippen molar-refractivity contribution >= 4 is 0 Å². The molecule has 0 saturated carbocycles. The van der Waals surface area contributed by atoms with Crippen LogP contribution in [0.2, 0.25) is 0 Å². The number of hydrogen-bond acceptors (Lipinski definition) is 2. The Kier molecular flexibility index (Phi) is 9.88. The average Bonchev–Trinajstić information content (AvgIpc) is 2.50. The summed E-state index contributed by atoms with van der Waals surface area (Å²) in [6.07, 6.45) is 10.6. The van der Waals surface area contributed by atoms with E-state index in [0.717, 1.165) is 6.54 Å². The molecule has 1 aromatic rings. The highest BCUT2D eigenvalue weighted by Crippen LogP contribution is 2.16. The van der Waals surface area contributed by atoms with Gasteiger partial charge in [-0.05, 0) is 19.0 Å². The Morgan fingerprint density at radius 2 is 1.67 bits per heavy atom. The first-order valence-corrected chi connectivity index (χ1v) is 8.31. The van der Waals surface area contributed by atoms with Gasteiger partial charge in [-0.3, -0.25) is 0 Å². The molecule has 21 heavy (non-hydrogen) atoms. The van der Waals surface area contributed by atoms with Gasteiger partial charge in [0.1, 0.15) is 11.6 Å². The summed E-state index contributed by atoms with van der Waals surface area (Å²) in [7, 11) is 1.55. The maximum Gasteiger partial charge on any atom is 0.131 e. The molecule has 0 aliphatic heterocycles. The van der Waals surface area contributed by atoms with Gasteiger partial charge in [0, 0.05) is 18.2 Å². The first-order valence-electron chi connectivity index (χ1n) is 8.31. The third-order valence-electron chi connectivity index (χ3n) is 3.78. The molecule has 1 N–H and O–H groups in total. The summed E-state index contributed by atoms with van der Waals surface area (Å²) < 4.78 is 18.7. The molecule has 0 spiro atoms. The molecular formula is C18H30FNO. The second-order valence-electron chi connectivity index (χ2n) is 5.61. The van der Waals surface area contributed by atoms with Crippen LogP contribution >= 0.6 is 0 Å². The van der Waals surface area contributed by atoms with Crippen molar-refractivity contribution < 1.29 is 9.13 Å². The fourth-order valence-electron chi connectivity index (χ4n) is 2.41. The van der Waals surface area contributed by atoms with Crippen LogP contribution in [0.5, 0.6) is 5.75 Å². The number of nitrogens with one attached hydrogen (secondary N) is 1. The number of methoxy groups -OCH3 is 1. The van der Waals surface area contributed by atoms with E-state index in [1.807, 2.05) is 0 Å². The van der Waals surface area contributed by atoms with E-state index in [0.29, 0.717) is 17.9 Å². The summed E-state index contributed by atoms with van der Waals surface area (Å²) in [6.45, 7) is 3.80. The van der Waals surface area contributed by atoms with Crippen LogP contribution in [0.15, 0.2) is 18.2 Å². The van der Waals surface area contributed by atoms with Gasteiger partial charge < -0.3 is 10.1 Å².